The summed E-state index contributed by atoms with van der Waals surface area (Å²) in [6.07, 6.45) is 9.20. The molecular formula is C17H25NO. The average molecular weight is 259 g/mol. The number of rotatable bonds is 4. The molecule has 0 spiro atoms. The van der Waals surface area contributed by atoms with Gasteiger partial charge in [-0.15, -0.1) is 0 Å². The molecule has 2 saturated carbocycles. The molecule has 2 fully saturated rings. The van der Waals surface area contributed by atoms with Crippen LogP contribution in [0.3, 0.4) is 0 Å². The highest BCUT2D eigenvalue weighted by Crippen LogP contribution is 2.47. The summed E-state index contributed by atoms with van der Waals surface area (Å²) in [6, 6.07) is 6.83. The molecule has 2 N–H and O–H groups in total. The second-order valence-electron chi connectivity index (χ2n) is 6.28. The summed E-state index contributed by atoms with van der Waals surface area (Å²) in [6.45, 7) is 0.747. The van der Waals surface area contributed by atoms with Gasteiger partial charge in [0.25, 0.3) is 0 Å². The fraction of sp³-hybridized carbons (Fsp3) is 0.647. The second-order valence-corrected chi connectivity index (χ2v) is 6.28. The van der Waals surface area contributed by atoms with E-state index in [9.17, 15) is 0 Å². The highest BCUT2D eigenvalue weighted by atomic mass is 16.5. The van der Waals surface area contributed by atoms with Crippen LogP contribution in [0.15, 0.2) is 18.2 Å². The third-order valence-electron chi connectivity index (χ3n) is 5.32. The zero-order valence-corrected chi connectivity index (χ0v) is 12.0. The SMILES string of the molecule is COc1ccc(C2CCCC2)cc1C1(CN)CCC1. The Morgan fingerprint density at radius 1 is 1.21 bits per heavy atom. The number of ether oxygens (including phenoxy) is 1. The molecule has 2 heteroatoms. The van der Waals surface area contributed by atoms with Crippen molar-refractivity contribution in [1.29, 1.82) is 0 Å². The van der Waals surface area contributed by atoms with Gasteiger partial charge >= 0.3 is 0 Å². The van der Waals surface area contributed by atoms with Gasteiger partial charge in [-0.2, -0.15) is 0 Å². The first kappa shape index (κ1) is 13.0. The molecule has 0 aromatic heterocycles. The van der Waals surface area contributed by atoms with E-state index in [0.717, 1.165) is 18.2 Å². The maximum Gasteiger partial charge on any atom is 0.122 e. The minimum atomic E-state index is 0.194. The van der Waals surface area contributed by atoms with Crippen molar-refractivity contribution in [2.24, 2.45) is 5.73 Å². The van der Waals surface area contributed by atoms with E-state index in [4.69, 9.17) is 10.5 Å². The predicted octanol–water partition coefficient (Wildman–Crippen LogP) is 3.73. The number of benzene rings is 1. The van der Waals surface area contributed by atoms with Gasteiger partial charge in [0.2, 0.25) is 0 Å². The first-order valence-electron chi connectivity index (χ1n) is 7.67. The van der Waals surface area contributed by atoms with Gasteiger partial charge in [0, 0.05) is 17.5 Å². The highest BCUT2D eigenvalue weighted by Gasteiger charge is 2.39. The largest absolute Gasteiger partial charge is 0.496 e. The topological polar surface area (TPSA) is 35.2 Å². The van der Waals surface area contributed by atoms with Gasteiger partial charge < -0.3 is 10.5 Å². The number of hydrogen-bond acceptors (Lipinski definition) is 2. The van der Waals surface area contributed by atoms with E-state index >= 15 is 0 Å². The van der Waals surface area contributed by atoms with Crippen LogP contribution in [0.2, 0.25) is 0 Å². The highest BCUT2D eigenvalue weighted by molar-refractivity contribution is 5.45. The van der Waals surface area contributed by atoms with Crippen molar-refractivity contribution in [2.75, 3.05) is 13.7 Å². The fourth-order valence-electron chi connectivity index (χ4n) is 3.84. The summed E-state index contributed by atoms with van der Waals surface area (Å²) in [4.78, 5) is 0. The van der Waals surface area contributed by atoms with Gasteiger partial charge in [-0.05, 0) is 43.2 Å². The van der Waals surface area contributed by atoms with Crippen LogP contribution in [-0.4, -0.2) is 13.7 Å². The molecule has 2 nitrogen and oxygen atoms in total. The molecule has 104 valence electrons. The molecule has 19 heavy (non-hydrogen) atoms. The Morgan fingerprint density at radius 2 is 1.95 bits per heavy atom. The number of methoxy groups -OCH3 is 1. The van der Waals surface area contributed by atoms with Crippen LogP contribution in [-0.2, 0) is 5.41 Å². The third-order valence-corrected chi connectivity index (χ3v) is 5.32. The van der Waals surface area contributed by atoms with Crippen molar-refractivity contribution in [3.8, 4) is 5.75 Å². The van der Waals surface area contributed by atoms with E-state index in [1.54, 1.807) is 7.11 Å². The van der Waals surface area contributed by atoms with Crippen molar-refractivity contribution in [2.45, 2.75) is 56.3 Å². The molecule has 0 saturated heterocycles. The predicted molar refractivity (Wildman–Crippen MR) is 78.8 cm³/mol. The molecule has 1 aromatic carbocycles. The van der Waals surface area contributed by atoms with Crippen molar-refractivity contribution in [3.63, 3.8) is 0 Å². The van der Waals surface area contributed by atoms with Crippen LogP contribution in [0.25, 0.3) is 0 Å². The van der Waals surface area contributed by atoms with E-state index in [1.165, 1.54) is 56.1 Å². The minimum Gasteiger partial charge on any atom is -0.496 e. The summed E-state index contributed by atoms with van der Waals surface area (Å²) in [5.41, 5.74) is 9.14. The molecule has 3 rings (SSSR count). The van der Waals surface area contributed by atoms with Crippen molar-refractivity contribution < 1.29 is 4.74 Å². The molecular weight excluding hydrogens is 234 g/mol. The Bertz CT molecular complexity index is 439. The third kappa shape index (κ3) is 2.16. The van der Waals surface area contributed by atoms with Crippen LogP contribution in [0.4, 0.5) is 0 Å². The maximum absolute atomic E-state index is 6.07. The van der Waals surface area contributed by atoms with Crippen LogP contribution in [0.1, 0.15) is 62.0 Å². The summed E-state index contributed by atoms with van der Waals surface area (Å²) < 4.78 is 5.59. The quantitative estimate of drug-likeness (QED) is 0.894. The zero-order chi connectivity index (χ0) is 13.3. The molecule has 0 aliphatic heterocycles. The molecule has 0 bridgehead atoms. The van der Waals surface area contributed by atoms with Gasteiger partial charge in [-0.1, -0.05) is 31.4 Å². The van der Waals surface area contributed by atoms with E-state index in [2.05, 4.69) is 18.2 Å². The lowest BCUT2D eigenvalue weighted by Crippen LogP contribution is -2.41. The second kappa shape index (κ2) is 5.16. The fourth-order valence-corrected chi connectivity index (χ4v) is 3.84. The Labute approximate surface area is 116 Å². The van der Waals surface area contributed by atoms with Gasteiger partial charge in [0.15, 0.2) is 0 Å². The standard InChI is InChI=1S/C17H25NO/c1-19-16-8-7-14(13-5-2-3-6-13)11-15(16)17(12-18)9-4-10-17/h7-8,11,13H,2-6,9-10,12,18H2,1H3. The minimum absolute atomic E-state index is 0.194. The zero-order valence-electron chi connectivity index (χ0n) is 12.0. The molecule has 0 amide bonds. The first-order valence-corrected chi connectivity index (χ1v) is 7.67. The Kier molecular flexibility index (Phi) is 3.53. The molecule has 0 radical (unpaired) electrons. The van der Waals surface area contributed by atoms with Gasteiger partial charge in [0.05, 0.1) is 7.11 Å². The number of nitrogens with two attached hydrogens (primary N) is 1. The molecule has 2 aliphatic carbocycles. The van der Waals surface area contributed by atoms with Crippen LogP contribution in [0, 0.1) is 0 Å². The maximum atomic E-state index is 6.07. The first-order chi connectivity index (χ1) is 9.29. The summed E-state index contributed by atoms with van der Waals surface area (Å²) in [5.74, 6) is 1.80. The summed E-state index contributed by atoms with van der Waals surface area (Å²) in [7, 11) is 1.77. The normalized spacial score (nSPS) is 22.2. The average Bonchev–Trinajstić information content (AvgIpc) is 2.92. The van der Waals surface area contributed by atoms with Gasteiger partial charge in [0.1, 0.15) is 5.75 Å². The molecule has 0 atom stereocenters. The van der Waals surface area contributed by atoms with Crippen molar-refractivity contribution in [1.82, 2.24) is 0 Å². The lowest BCUT2D eigenvalue weighted by molar-refractivity contribution is 0.243. The molecule has 1 aromatic rings. The Hall–Kier alpha value is -1.02. The Balaban J connectivity index is 1.97. The van der Waals surface area contributed by atoms with E-state index in [1.807, 2.05) is 0 Å². The van der Waals surface area contributed by atoms with Crippen molar-refractivity contribution >= 4 is 0 Å². The molecule has 0 heterocycles. The van der Waals surface area contributed by atoms with Crippen molar-refractivity contribution in [3.05, 3.63) is 29.3 Å². The van der Waals surface area contributed by atoms with Crippen LogP contribution >= 0.6 is 0 Å². The molecule has 0 unspecified atom stereocenters. The van der Waals surface area contributed by atoms with E-state index < -0.39 is 0 Å². The smallest absolute Gasteiger partial charge is 0.122 e. The van der Waals surface area contributed by atoms with E-state index in [0.29, 0.717) is 0 Å². The Morgan fingerprint density at radius 3 is 2.47 bits per heavy atom. The van der Waals surface area contributed by atoms with E-state index in [-0.39, 0.29) is 5.41 Å². The summed E-state index contributed by atoms with van der Waals surface area (Å²) >= 11 is 0. The van der Waals surface area contributed by atoms with Gasteiger partial charge in [-0.25, -0.2) is 0 Å². The lowest BCUT2D eigenvalue weighted by atomic mass is 9.64. The summed E-state index contributed by atoms with van der Waals surface area (Å²) in [5, 5.41) is 0. The van der Waals surface area contributed by atoms with Crippen LogP contribution in [0.5, 0.6) is 5.75 Å². The number of hydrogen-bond donors (Lipinski definition) is 1. The molecule has 2 aliphatic rings. The van der Waals surface area contributed by atoms with Crippen LogP contribution < -0.4 is 10.5 Å². The van der Waals surface area contributed by atoms with Gasteiger partial charge in [-0.3, -0.25) is 0 Å². The monoisotopic (exact) mass is 259 g/mol. The lowest BCUT2D eigenvalue weighted by Gasteiger charge is -2.42.